The van der Waals surface area contributed by atoms with Gasteiger partial charge in [0.1, 0.15) is 17.5 Å². The van der Waals surface area contributed by atoms with Crippen LogP contribution < -0.4 is 15.5 Å². The molecule has 1 atom stereocenters. The lowest BCUT2D eigenvalue weighted by Gasteiger charge is -2.13. The Morgan fingerprint density at radius 1 is 1.29 bits per heavy atom. The number of hydrazone groups is 1. The minimum Gasteiger partial charge on any atom is -0.507 e. The van der Waals surface area contributed by atoms with Crippen LogP contribution in [0, 0.1) is 0 Å². The van der Waals surface area contributed by atoms with Crippen LogP contribution in [0.3, 0.4) is 0 Å². The van der Waals surface area contributed by atoms with Crippen molar-refractivity contribution in [1.29, 1.82) is 0 Å². The summed E-state index contributed by atoms with van der Waals surface area (Å²) >= 11 is 3.31. The topological polar surface area (TPSA) is 83.0 Å². The molecule has 0 saturated heterocycles. The number of hydrogen-bond acceptors (Lipinski definition) is 5. The predicted octanol–water partition coefficient (Wildman–Crippen LogP) is 3.11. The van der Waals surface area contributed by atoms with E-state index in [0.717, 1.165) is 15.9 Å². The summed E-state index contributed by atoms with van der Waals surface area (Å²) in [5.41, 5.74) is 3.74. The number of phenolic OH excluding ortho intramolecular Hbond substituents is 1. The highest BCUT2D eigenvalue weighted by Gasteiger charge is 2.11. The van der Waals surface area contributed by atoms with Crippen molar-refractivity contribution in [3.63, 3.8) is 0 Å². The lowest BCUT2D eigenvalue weighted by atomic mass is 10.2. The summed E-state index contributed by atoms with van der Waals surface area (Å²) in [6, 6.07) is 11.7. The molecule has 0 radical (unpaired) electrons. The van der Waals surface area contributed by atoms with E-state index in [4.69, 9.17) is 4.74 Å². The summed E-state index contributed by atoms with van der Waals surface area (Å²) in [7, 11) is 1.60. The van der Waals surface area contributed by atoms with E-state index in [1.165, 1.54) is 6.21 Å². The standard InChI is InChI=1S/C17H18BrN3O3/c1-11(20-14-4-6-15(24-2)7-5-14)17(23)21-19-10-12-9-13(18)3-8-16(12)22/h3-11,20,22H,1-2H3,(H,21,23). The first-order chi connectivity index (χ1) is 11.5. The molecule has 0 bridgehead atoms. The van der Waals surface area contributed by atoms with Gasteiger partial charge >= 0.3 is 0 Å². The molecule has 0 aliphatic heterocycles. The Hall–Kier alpha value is -2.54. The number of hydrogen-bond donors (Lipinski definition) is 3. The van der Waals surface area contributed by atoms with Gasteiger partial charge in [0.15, 0.2) is 0 Å². The summed E-state index contributed by atoms with van der Waals surface area (Å²) in [5, 5.41) is 16.6. The molecule has 2 rings (SSSR count). The van der Waals surface area contributed by atoms with E-state index in [0.29, 0.717) is 5.56 Å². The van der Waals surface area contributed by atoms with Crippen molar-refractivity contribution in [2.24, 2.45) is 5.10 Å². The zero-order valence-electron chi connectivity index (χ0n) is 13.3. The molecule has 126 valence electrons. The number of carbonyl (C=O) groups excluding carboxylic acids is 1. The number of aromatic hydroxyl groups is 1. The fourth-order valence-corrected chi connectivity index (χ4v) is 2.27. The number of rotatable bonds is 6. The lowest BCUT2D eigenvalue weighted by Crippen LogP contribution is -2.34. The Labute approximate surface area is 148 Å². The highest BCUT2D eigenvalue weighted by atomic mass is 79.9. The molecule has 1 amide bonds. The minimum absolute atomic E-state index is 0.0839. The van der Waals surface area contributed by atoms with Crippen LogP contribution >= 0.6 is 15.9 Å². The quantitative estimate of drug-likeness (QED) is 0.521. The Morgan fingerprint density at radius 3 is 2.67 bits per heavy atom. The number of halogens is 1. The van der Waals surface area contributed by atoms with E-state index >= 15 is 0 Å². The number of nitrogens with one attached hydrogen (secondary N) is 2. The van der Waals surface area contributed by atoms with Gasteiger partial charge in [-0.2, -0.15) is 5.10 Å². The van der Waals surface area contributed by atoms with Crippen molar-refractivity contribution in [3.8, 4) is 11.5 Å². The van der Waals surface area contributed by atoms with Crippen LogP contribution in [-0.2, 0) is 4.79 Å². The normalized spacial score (nSPS) is 12.0. The summed E-state index contributed by atoms with van der Waals surface area (Å²) in [6.07, 6.45) is 1.39. The van der Waals surface area contributed by atoms with Gasteiger partial charge < -0.3 is 15.2 Å². The first kappa shape index (κ1) is 17.8. The Balaban J connectivity index is 1.91. The molecule has 0 fully saturated rings. The molecule has 3 N–H and O–H groups in total. The number of carbonyl (C=O) groups is 1. The van der Waals surface area contributed by atoms with Gasteiger partial charge in [0.2, 0.25) is 0 Å². The zero-order chi connectivity index (χ0) is 17.5. The molecule has 7 heteroatoms. The number of anilines is 1. The van der Waals surface area contributed by atoms with Gasteiger partial charge in [-0.1, -0.05) is 15.9 Å². The van der Waals surface area contributed by atoms with Crippen LogP contribution in [0.1, 0.15) is 12.5 Å². The summed E-state index contributed by atoms with van der Waals surface area (Å²) in [5.74, 6) is 0.535. The van der Waals surface area contributed by atoms with Crippen LogP contribution in [-0.4, -0.2) is 30.4 Å². The van der Waals surface area contributed by atoms with Crippen molar-refractivity contribution in [1.82, 2.24) is 5.43 Å². The number of phenols is 1. The van der Waals surface area contributed by atoms with Gasteiger partial charge in [-0.3, -0.25) is 4.79 Å². The maximum absolute atomic E-state index is 12.0. The largest absolute Gasteiger partial charge is 0.507 e. The van der Waals surface area contributed by atoms with Gasteiger partial charge in [0, 0.05) is 15.7 Å². The first-order valence-corrected chi connectivity index (χ1v) is 8.01. The number of methoxy groups -OCH3 is 1. The molecule has 1 unspecified atom stereocenters. The third-order valence-electron chi connectivity index (χ3n) is 3.23. The van der Waals surface area contributed by atoms with E-state index in [1.807, 2.05) is 12.1 Å². The second kappa shape index (κ2) is 8.35. The van der Waals surface area contributed by atoms with Crippen molar-refractivity contribution in [2.75, 3.05) is 12.4 Å². The van der Waals surface area contributed by atoms with Gasteiger partial charge in [0.05, 0.1) is 13.3 Å². The van der Waals surface area contributed by atoms with Crippen LogP contribution in [0.2, 0.25) is 0 Å². The molecule has 0 spiro atoms. The third-order valence-corrected chi connectivity index (χ3v) is 3.73. The predicted molar refractivity (Wildman–Crippen MR) is 97.6 cm³/mol. The molecule has 0 heterocycles. The number of amides is 1. The fraction of sp³-hybridized carbons (Fsp3) is 0.176. The van der Waals surface area contributed by atoms with Crippen LogP contribution in [0.25, 0.3) is 0 Å². The third kappa shape index (κ3) is 4.99. The van der Waals surface area contributed by atoms with Crippen molar-refractivity contribution >= 4 is 33.7 Å². The Kier molecular flexibility index (Phi) is 6.20. The smallest absolute Gasteiger partial charge is 0.262 e. The number of benzene rings is 2. The molecular weight excluding hydrogens is 374 g/mol. The summed E-state index contributed by atoms with van der Waals surface area (Å²) < 4.78 is 5.89. The van der Waals surface area contributed by atoms with Gasteiger partial charge in [-0.15, -0.1) is 0 Å². The average molecular weight is 392 g/mol. The van der Waals surface area contributed by atoms with Gasteiger partial charge in [0.25, 0.3) is 5.91 Å². The van der Waals surface area contributed by atoms with Crippen molar-refractivity contribution in [2.45, 2.75) is 13.0 Å². The lowest BCUT2D eigenvalue weighted by molar-refractivity contribution is -0.121. The van der Waals surface area contributed by atoms with E-state index in [9.17, 15) is 9.90 Å². The monoisotopic (exact) mass is 391 g/mol. The first-order valence-electron chi connectivity index (χ1n) is 7.21. The number of nitrogens with zero attached hydrogens (tertiary/aromatic N) is 1. The van der Waals surface area contributed by atoms with Crippen LogP contribution in [0.15, 0.2) is 52.0 Å². The molecular formula is C17H18BrN3O3. The molecule has 0 saturated carbocycles. The maximum Gasteiger partial charge on any atom is 0.262 e. The zero-order valence-corrected chi connectivity index (χ0v) is 14.9. The molecule has 0 aromatic heterocycles. The van der Waals surface area contributed by atoms with E-state index < -0.39 is 6.04 Å². The molecule has 6 nitrogen and oxygen atoms in total. The Morgan fingerprint density at radius 2 is 2.00 bits per heavy atom. The van der Waals surface area contributed by atoms with Crippen molar-refractivity contribution in [3.05, 3.63) is 52.5 Å². The molecule has 24 heavy (non-hydrogen) atoms. The molecule has 2 aromatic carbocycles. The molecule has 0 aliphatic carbocycles. The second-order valence-electron chi connectivity index (χ2n) is 5.03. The fourth-order valence-electron chi connectivity index (χ4n) is 1.89. The highest BCUT2D eigenvalue weighted by molar-refractivity contribution is 9.10. The van der Waals surface area contributed by atoms with E-state index in [2.05, 4.69) is 31.8 Å². The minimum atomic E-state index is -0.480. The Bertz CT molecular complexity index is 732. The second-order valence-corrected chi connectivity index (χ2v) is 5.95. The van der Waals surface area contributed by atoms with Crippen LogP contribution in [0.4, 0.5) is 5.69 Å². The molecule has 2 aromatic rings. The number of ether oxygens (including phenoxy) is 1. The SMILES string of the molecule is COc1ccc(NC(C)C(=O)NN=Cc2cc(Br)ccc2O)cc1. The summed E-state index contributed by atoms with van der Waals surface area (Å²) in [4.78, 5) is 12.0. The van der Waals surface area contributed by atoms with Gasteiger partial charge in [-0.25, -0.2) is 5.43 Å². The highest BCUT2D eigenvalue weighted by Crippen LogP contribution is 2.20. The summed E-state index contributed by atoms with van der Waals surface area (Å²) in [6.45, 7) is 1.73. The van der Waals surface area contributed by atoms with E-state index in [-0.39, 0.29) is 11.7 Å². The van der Waals surface area contributed by atoms with E-state index in [1.54, 1.807) is 44.4 Å². The molecule has 0 aliphatic rings. The van der Waals surface area contributed by atoms with Crippen LogP contribution in [0.5, 0.6) is 11.5 Å². The van der Waals surface area contributed by atoms with Gasteiger partial charge in [-0.05, 0) is 49.4 Å². The average Bonchev–Trinajstić information content (AvgIpc) is 2.58. The van der Waals surface area contributed by atoms with Crippen molar-refractivity contribution < 1.29 is 14.6 Å². The maximum atomic E-state index is 12.0.